The average molecular weight is 519 g/mol. The van der Waals surface area contributed by atoms with Crippen molar-refractivity contribution >= 4 is 0 Å². The first-order valence-electron chi connectivity index (χ1n) is 13.6. The molecular weight excluding hydrogens is 472 g/mol. The van der Waals surface area contributed by atoms with E-state index in [1.54, 1.807) is 24.3 Å². The van der Waals surface area contributed by atoms with Gasteiger partial charge in [0.05, 0.1) is 0 Å². The van der Waals surface area contributed by atoms with Gasteiger partial charge in [-0.1, -0.05) is 54.6 Å². The maximum absolute atomic E-state index is 9.81. The van der Waals surface area contributed by atoms with Gasteiger partial charge in [-0.25, -0.2) is 0 Å². The van der Waals surface area contributed by atoms with Gasteiger partial charge in [0, 0.05) is 37.8 Å². The molecule has 3 rings (SSSR count). The third-order valence-electron chi connectivity index (χ3n) is 7.54. The lowest BCUT2D eigenvalue weighted by molar-refractivity contribution is 0.120. The monoisotopic (exact) mass is 518 g/mol. The minimum absolute atomic E-state index is 0.293. The van der Waals surface area contributed by atoms with Crippen LogP contribution >= 0.6 is 0 Å². The molecule has 3 aromatic carbocycles. The molecule has 0 aliphatic carbocycles. The molecule has 0 aromatic heterocycles. The van der Waals surface area contributed by atoms with Gasteiger partial charge in [0.2, 0.25) is 0 Å². The van der Waals surface area contributed by atoms with Crippen molar-refractivity contribution in [2.75, 3.05) is 54.9 Å². The Hall–Kier alpha value is -2.90. The molecule has 0 bridgehead atoms. The van der Waals surface area contributed by atoms with Crippen molar-refractivity contribution < 1.29 is 10.2 Å². The molecule has 0 spiro atoms. The quantitative estimate of drug-likeness (QED) is 0.284. The van der Waals surface area contributed by atoms with E-state index in [1.165, 1.54) is 16.7 Å². The summed E-state index contributed by atoms with van der Waals surface area (Å²) in [5.41, 5.74) is 3.80. The van der Waals surface area contributed by atoms with Crippen molar-refractivity contribution in [3.05, 3.63) is 95.6 Å². The second kappa shape index (κ2) is 14.9. The fourth-order valence-corrected chi connectivity index (χ4v) is 5.05. The van der Waals surface area contributed by atoms with E-state index in [2.05, 4.69) is 78.5 Å². The zero-order valence-corrected chi connectivity index (χ0v) is 23.7. The first-order chi connectivity index (χ1) is 18.2. The molecule has 3 aromatic rings. The van der Waals surface area contributed by atoms with E-state index in [1.807, 2.05) is 31.3 Å². The predicted octanol–water partition coefficient (Wildman–Crippen LogP) is 3.88. The van der Waals surface area contributed by atoms with Crippen LogP contribution in [0.1, 0.15) is 16.7 Å². The van der Waals surface area contributed by atoms with E-state index in [0.29, 0.717) is 29.6 Å². The highest BCUT2D eigenvalue weighted by atomic mass is 16.3. The maximum atomic E-state index is 9.81. The van der Waals surface area contributed by atoms with E-state index < -0.39 is 0 Å². The van der Waals surface area contributed by atoms with Crippen molar-refractivity contribution in [3.63, 3.8) is 0 Å². The molecule has 0 amide bonds. The molecule has 0 heterocycles. The molecule has 0 saturated heterocycles. The second-order valence-electron chi connectivity index (χ2n) is 10.8. The van der Waals surface area contributed by atoms with Crippen LogP contribution in [0.3, 0.4) is 0 Å². The lowest BCUT2D eigenvalue weighted by atomic mass is 9.99. The van der Waals surface area contributed by atoms with Crippen molar-refractivity contribution in [1.29, 1.82) is 0 Å². The van der Waals surface area contributed by atoms with Gasteiger partial charge in [-0.15, -0.1) is 0 Å². The van der Waals surface area contributed by atoms with Crippen LogP contribution in [0.2, 0.25) is 0 Å². The molecule has 0 fully saturated rings. The molecule has 0 radical (unpaired) electrons. The van der Waals surface area contributed by atoms with Crippen molar-refractivity contribution in [2.24, 2.45) is 0 Å². The first kappa shape index (κ1) is 29.7. The van der Waals surface area contributed by atoms with Crippen LogP contribution < -0.4 is 5.32 Å². The highest BCUT2D eigenvalue weighted by molar-refractivity contribution is 5.27. The molecule has 0 saturated carbocycles. The van der Waals surface area contributed by atoms with Gasteiger partial charge in [-0.3, -0.25) is 0 Å². The van der Waals surface area contributed by atoms with Crippen LogP contribution in [0, 0.1) is 0 Å². The number of phenols is 2. The number of hydrogen-bond acceptors (Lipinski definition) is 6. The molecule has 6 heteroatoms. The number of likely N-dealkylation sites (N-methyl/N-ethyl adjacent to an activating group) is 4. The molecule has 3 N–H and O–H groups in total. The minimum atomic E-state index is 0.293. The Morgan fingerprint density at radius 2 is 1.00 bits per heavy atom. The summed E-state index contributed by atoms with van der Waals surface area (Å²) in [6.45, 7) is 2.76. The molecule has 0 aliphatic rings. The van der Waals surface area contributed by atoms with E-state index in [-0.39, 0.29) is 0 Å². The fourth-order valence-electron chi connectivity index (χ4n) is 5.05. The standard InChI is InChI=1S/C32H46N4O2/c1-33-22-28(19-25-9-7-6-8-10-25)35(4)24-30(21-27-13-17-32(38)18-14-27)36(5)23-29(34(2)3)20-26-11-15-31(37)16-12-26/h6-18,28-30,33,37-38H,19-24H2,1-5H3/t28-,29-,30-/m1/s1. The van der Waals surface area contributed by atoms with Gasteiger partial charge < -0.3 is 30.2 Å². The van der Waals surface area contributed by atoms with Crippen LogP contribution in [0.4, 0.5) is 0 Å². The number of rotatable bonds is 15. The van der Waals surface area contributed by atoms with Crippen molar-refractivity contribution in [3.8, 4) is 11.5 Å². The third kappa shape index (κ3) is 9.44. The van der Waals surface area contributed by atoms with Crippen LogP contribution in [0.5, 0.6) is 11.5 Å². The van der Waals surface area contributed by atoms with E-state index >= 15 is 0 Å². The third-order valence-corrected chi connectivity index (χ3v) is 7.54. The van der Waals surface area contributed by atoms with E-state index in [0.717, 1.165) is 38.9 Å². The number of hydrogen-bond donors (Lipinski definition) is 3. The van der Waals surface area contributed by atoms with E-state index in [4.69, 9.17) is 0 Å². The minimum Gasteiger partial charge on any atom is -0.508 e. The predicted molar refractivity (Wildman–Crippen MR) is 158 cm³/mol. The second-order valence-corrected chi connectivity index (χ2v) is 10.8. The Balaban J connectivity index is 1.77. The van der Waals surface area contributed by atoms with Crippen LogP contribution in [-0.2, 0) is 19.3 Å². The van der Waals surface area contributed by atoms with Crippen LogP contribution in [0.15, 0.2) is 78.9 Å². The highest BCUT2D eigenvalue weighted by Gasteiger charge is 2.25. The van der Waals surface area contributed by atoms with Crippen LogP contribution in [0.25, 0.3) is 0 Å². The Bertz CT molecular complexity index is 1060. The summed E-state index contributed by atoms with van der Waals surface area (Å²) < 4.78 is 0. The fraction of sp³-hybridized carbons (Fsp3) is 0.438. The summed E-state index contributed by atoms with van der Waals surface area (Å²) >= 11 is 0. The van der Waals surface area contributed by atoms with Gasteiger partial charge in [0.1, 0.15) is 11.5 Å². The summed E-state index contributed by atoms with van der Waals surface area (Å²) in [6.07, 6.45) is 2.81. The molecule has 0 unspecified atom stereocenters. The molecule has 3 atom stereocenters. The lowest BCUT2D eigenvalue weighted by Gasteiger charge is -2.38. The molecule has 206 valence electrons. The van der Waals surface area contributed by atoms with Crippen LogP contribution in [-0.4, -0.2) is 97.9 Å². The average Bonchev–Trinajstić information content (AvgIpc) is 2.90. The molecule has 38 heavy (non-hydrogen) atoms. The summed E-state index contributed by atoms with van der Waals surface area (Å²) in [5, 5.41) is 22.9. The SMILES string of the molecule is CNC[C@@H](Cc1ccccc1)N(C)C[C@@H](Cc1ccc(O)cc1)N(C)C[C@@H](Cc1ccc(O)cc1)N(C)C. The highest BCUT2D eigenvalue weighted by Crippen LogP contribution is 2.18. The van der Waals surface area contributed by atoms with Gasteiger partial charge in [-0.2, -0.15) is 0 Å². The maximum Gasteiger partial charge on any atom is 0.115 e. The first-order valence-corrected chi connectivity index (χ1v) is 13.6. The van der Waals surface area contributed by atoms with E-state index in [9.17, 15) is 10.2 Å². The molecule has 0 aliphatic heterocycles. The largest absolute Gasteiger partial charge is 0.508 e. The van der Waals surface area contributed by atoms with Crippen molar-refractivity contribution in [1.82, 2.24) is 20.0 Å². The zero-order chi connectivity index (χ0) is 27.5. The normalized spacial score (nSPS) is 14.2. The summed E-state index contributed by atoms with van der Waals surface area (Å²) in [5.74, 6) is 0.602. The van der Waals surface area contributed by atoms with Gasteiger partial charge >= 0.3 is 0 Å². The Morgan fingerprint density at radius 1 is 0.579 bits per heavy atom. The topological polar surface area (TPSA) is 62.2 Å². The van der Waals surface area contributed by atoms with Gasteiger partial charge in [-0.05, 0) is 95.5 Å². The number of aromatic hydroxyl groups is 2. The lowest BCUT2D eigenvalue weighted by Crippen LogP contribution is -2.51. The summed E-state index contributed by atoms with van der Waals surface area (Å²) in [6, 6.07) is 26.9. The number of benzene rings is 3. The summed E-state index contributed by atoms with van der Waals surface area (Å²) in [4.78, 5) is 7.28. The Labute approximate surface area is 229 Å². The van der Waals surface area contributed by atoms with Gasteiger partial charge in [0.25, 0.3) is 0 Å². The van der Waals surface area contributed by atoms with Gasteiger partial charge in [0.15, 0.2) is 0 Å². The number of nitrogens with zero attached hydrogens (tertiary/aromatic N) is 3. The summed E-state index contributed by atoms with van der Waals surface area (Å²) in [7, 11) is 10.8. The Morgan fingerprint density at radius 3 is 1.50 bits per heavy atom. The smallest absolute Gasteiger partial charge is 0.115 e. The Kier molecular flexibility index (Phi) is 11.6. The van der Waals surface area contributed by atoms with Crippen molar-refractivity contribution in [2.45, 2.75) is 37.4 Å². The molecule has 6 nitrogen and oxygen atoms in total. The molecular formula is C32H46N4O2. The number of nitrogens with one attached hydrogen (secondary N) is 1. The zero-order valence-electron chi connectivity index (χ0n) is 23.7. The number of phenolic OH excluding ortho intramolecular Hbond substituents is 2.